The molecule has 2 heterocycles. The third kappa shape index (κ3) is 2.77. The summed E-state index contributed by atoms with van der Waals surface area (Å²) in [4.78, 5) is 17.1. The number of nitrogens with zero attached hydrogens (tertiary/aromatic N) is 2. The van der Waals surface area contributed by atoms with Crippen LogP contribution in [-0.4, -0.2) is 15.5 Å². The number of hydrogen-bond donors (Lipinski definition) is 1. The summed E-state index contributed by atoms with van der Waals surface area (Å²) < 4.78 is 15.1. The van der Waals surface area contributed by atoms with Crippen LogP contribution in [0.3, 0.4) is 0 Å². The molecule has 4 rings (SSSR count). The van der Waals surface area contributed by atoms with Gasteiger partial charge in [-0.05, 0) is 36.2 Å². The van der Waals surface area contributed by atoms with Gasteiger partial charge in [0.05, 0.1) is 11.0 Å². The van der Waals surface area contributed by atoms with Crippen molar-refractivity contribution in [2.45, 2.75) is 25.9 Å². The zero-order valence-electron chi connectivity index (χ0n) is 13.2. The normalized spacial score (nSPS) is 16.8. The van der Waals surface area contributed by atoms with Crippen molar-refractivity contribution in [3.63, 3.8) is 0 Å². The molecule has 1 N–H and O–H groups in total. The van der Waals surface area contributed by atoms with Crippen molar-refractivity contribution in [1.29, 1.82) is 0 Å². The first-order valence-electron chi connectivity index (χ1n) is 8.17. The second-order valence-corrected chi connectivity index (χ2v) is 6.20. The number of para-hydroxylation sites is 2. The van der Waals surface area contributed by atoms with E-state index in [9.17, 15) is 9.18 Å². The number of hydrogen-bond acceptors (Lipinski definition) is 2. The fourth-order valence-electron chi connectivity index (χ4n) is 3.30. The molecule has 0 aliphatic carbocycles. The van der Waals surface area contributed by atoms with Gasteiger partial charge in [-0.15, -0.1) is 0 Å². The molecule has 122 valence electrons. The van der Waals surface area contributed by atoms with Crippen molar-refractivity contribution >= 4 is 16.9 Å². The van der Waals surface area contributed by atoms with Crippen LogP contribution in [0, 0.1) is 11.7 Å². The quantitative estimate of drug-likeness (QED) is 0.805. The summed E-state index contributed by atoms with van der Waals surface area (Å²) in [5.74, 6) is 0.688. The zero-order chi connectivity index (χ0) is 16.5. The maximum absolute atomic E-state index is 12.9. The molecule has 4 nitrogen and oxygen atoms in total. The topological polar surface area (TPSA) is 46.9 Å². The molecule has 0 saturated heterocycles. The maximum atomic E-state index is 12.9. The van der Waals surface area contributed by atoms with Crippen LogP contribution < -0.4 is 5.32 Å². The van der Waals surface area contributed by atoms with Crippen LogP contribution in [0.15, 0.2) is 48.5 Å². The lowest BCUT2D eigenvalue weighted by molar-refractivity contribution is -0.125. The Kier molecular flexibility index (Phi) is 3.76. The van der Waals surface area contributed by atoms with Gasteiger partial charge in [-0.3, -0.25) is 4.79 Å². The summed E-state index contributed by atoms with van der Waals surface area (Å²) in [7, 11) is 0. The Balaban J connectivity index is 1.44. The molecule has 1 aliphatic rings. The van der Waals surface area contributed by atoms with Gasteiger partial charge in [-0.25, -0.2) is 9.37 Å². The number of carbonyl (C=O) groups is 1. The first kappa shape index (κ1) is 14.9. The Bertz CT molecular complexity index is 885. The average molecular weight is 323 g/mol. The Labute approximate surface area is 139 Å². The number of nitrogens with one attached hydrogen (secondary N) is 1. The second-order valence-electron chi connectivity index (χ2n) is 6.20. The maximum Gasteiger partial charge on any atom is 0.223 e. The highest BCUT2D eigenvalue weighted by atomic mass is 19.1. The fourth-order valence-corrected chi connectivity index (χ4v) is 3.30. The number of imidazole rings is 1. The largest absolute Gasteiger partial charge is 0.352 e. The van der Waals surface area contributed by atoms with Crippen LogP contribution in [0.4, 0.5) is 4.39 Å². The number of halogens is 1. The number of aromatic nitrogens is 2. The molecule has 3 aromatic rings. The van der Waals surface area contributed by atoms with E-state index >= 15 is 0 Å². The molecule has 2 aromatic carbocycles. The molecule has 5 heteroatoms. The SMILES string of the molecule is O=C(NCc1ccc(F)cc1)C1CCn2c(nc3ccccc32)C1. The van der Waals surface area contributed by atoms with E-state index in [-0.39, 0.29) is 17.6 Å². The van der Waals surface area contributed by atoms with Crippen LogP contribution >= 0.6 is 0 Å². The van der Waals surface area contributed by atoms with Crippen molar-refractivity contribution in [3.8, 4) is 0 Å². The van der Waals surface area contributed by atoms with Crippen LogP contribution in [0.2, 0.25) is 0 Å². The Morgan fingerprint density at radius 2 is 2.00 bits per heavy atom. The molecule has 0 bridgehead atoms. The number of amides is 1. The number of carbonyl (C=O) groups excluding carboxylic acids is 1. The van der Waals surface area contributed by atoms with Gasteiger partial charge >= 0.3 is 0 Å². The van der Waals surface area contributed by atoms with E-state index in [0.29, 0.717) is 13.0 Å². The van der Waals surface area contributed by atoms with Crippen molar-refractivity contribution in [3.05, 3.63) is 65.7 Å². The van der Waals surface area contributed by atoms with Crippen molar-refractivity contribution < 1.29 is 9.18 Å². The molecule has 1 amide bonds. The average Bonchev–Trinajstić information content (AvgIpc) is 2.98. The molecule has 1 aromatic heterocycles. The van der Waals surface area contributed by atoms with Crippen LogP contribution in [0.5, 0.6) is 0 Å². The molecule has 1 aliphatic heterocycles. The van der Waals surface area contributed by atoms with Crippen molar-refractivity contribution in [2.75, 3.05) is 0 Å². The van der Waals surface area contributed by atoms with E-state index in [0.717, 1.165) is 35.4 Å². The summed E-state index contributed by atoms with van der Waals surface area (Å²) in [6.45, 7) is 1.23. The van der Waals surface area contributed by atoms with Gasteiger partial charge in [-0.2, -0.15) is 0 Å². The first-order valence-corrected chi connectivity index (χ1v) is 8.17. The number of fused-ring (bicyclic) bond motifs is 3. The Morgan fingerprint density at radius 3 is 2.83 bits per heavy atom. The van der Waals surface area contributed by atoms with E-state index in [2.05, 4.69) is 20.9 Å². The molecular formula is C19H18FN3O. The molecule has 0 spiro atoms. The molecular weight excluding hydrogens is 305 g/mol. The van der Waals surface area contributed by atoms with Crippen LogP contribution in [0.25, 0.3) is 11.0 Å². The minimum absolute atomic E-state index is 0.0395. The van der Waals surface area contributed by atoms with Gasteiger partial charge in [0.15, 0.2) is 0 Å². The van der Waals surface area contributed by atoms with E-state index in [1.165, 1.54) is 12.1 Å². The van der Waals surface area contributed by atoms with Gasteiger partial charge in [0.25, 0.3) is 0 Å². The molecule has 0 radical (unpaired) electrons. The highest BCUT2D eigenvalue weighted by molar-refractivity contribution is 5.80. The zero-order valence-corrected chi connectivity index (χ0v) is 13.2. The van der Waals surface area contributed by atoms with Crippen molar-refractivity contribution in [2.24, 2.45) is 5.92 Å². The number of aryl methyl sites for hydroxylation is 1. The Hall–Kier alpha value is -2.69. The third-order valence-electron chi connectivity index (χ3n) is 4.61. The Morgan fingerprint density at radius 1 is 1.21 bits per heavy atom. The monoisotopic (exact) mass is 323 g/mol. The predicted molar refractivity (Wildman–Crippen MR) is 89.8 cm³/mol. The first-order chi connectivity index (χ1) is 11.7. The standard InChI is InChI=1S/C19H18FN3O/c20-15-7-5-13(6-8-15)12-21-19(24)14-9-10-23-17-4-2-1-3-16(17)22-18(23)11-14/h1-8,14H,9-12H2,(H,21,24). The minimum atomic E-state index is -0.267. The lowest BCUT2D eigenvalue weighted by Crippen LogP contribution is -2.35. The highest BCUT2D eigenvalue weighted by Gasteiger charge is 2.26. The van der Waals surface area contributed by atoms with Crippen LogP contribution in [-0.2, 0) is 24.3 Å². The summed E-state index contributed by atoms with van der Waals surface area (Å²) in [6.07, 6.45) is 1.46. The van der Waals surface area contributed by atoms with Crippen LogP contribution in [0.1, 0.15) is 17.8 Å². The van der Waals surface area contributed by atoms with Crippen molar-refractivity contribution in [1.82, 2.24) is 14.9 Å². The molecule has 0 fully saturated rings. The summed E-state index contributed by atoms with van der Waals surface area (Å²) >= 11 is 0. The second kappa shape index (κ2) is 6.07. The van der Waals surface area contributed by atoms with E-state index < -0.39 is 0 Å². The fraction of sp³-hybridized carbons (Fsp3) is 0.263. The van der Waals surface area contributed by atoms with Gasteiger partial charge in [-0.1, -0.05) is 24.3 Å². The lowest BCUT2D eigenvalue weighted by atomic mass is 9.96. The predicted octanol–water partition coefficient (Wildman–Crippen LogP) is 3.05. The van der Waals surface area contributed by atoms with Gasteiger partial charge in [0.1, 0.15) is 11.6 Å². The van der Waals surface area contributed by atoms with E-state index in [1.807, 2.05) is 18.2 Å². The number of rotatable bonds is 3. The summed E-state index contributed by atoms with van der Waals surface area (Å²) in [6, 6.07) is 14.3. The lowest BCUT2D eigenvalue weighted by Gasteiger charge is -2.23. The third-order valence-corrected chi connectivity index (χ3v) is 4.61. The summed E-state index contributed by atoms with van der Waals surface area (Å²) in [5, 5.41) is 2.95. The van der Waals surface area contributed by atoms with Gasteiger partial charge in [0, 0.05) is 25.4 Å². The smallest absolute Gasteiger partial charge is 0.223 e. The molecule has 1 unspecified atom stereocenters. The van der Waals surface area contributed by atoms with E-state index in [1.54, 1.807) is 12.1 Å². The highest BCUT2D eigenvalue weighted by Crippen LogP contribution is 2.25. The van der Waals surface area contributed by atoms with Gasteiger partial charge in [0.2, 0.25) is 5.91 Å². The molecule has 24 heavy (non-hydrogen) atoms. The molecule has 1 atom stereocenters. The summed E-state index contributed by atoms with van der Waals surface area (Å²) in [5.41, 5.74) is 3.02. The minimum Gasteiger partial charge on any atom is -0.352 e. The van der Waals surface area contributed by atoms with E-state index in [4.69, 9.17) is 0 Å². The number of benzene rings is 2. The van der Waals surface area contributed by atoms with Gasteiger partial charge < -0.3 is 9.88 Å². The molecule has 0 saturated carbocycles.